The van der Waals surface area contributed by atoms with E-state index in [0.29, 0.717) is 0 Å². The van der Waals surface area contributed by atoms with Crippen molar-refractivity contribution in [2.45, 2.75) is 9.79 Å². The standard InChI is InChI=1S/C15H16N2O7S2/c1-17(2)26(23,24)12-5-3-4-11(9-12)16-25(21,22)14-8-10(15(19)20)6-7-13(14)18/h3-9,16,18H,1-2H3,(H,19,20). The van der Waals surface area contributed by atoms with E-state index in [-0.39, 0.29) is 16.1 Å². The average Bonchev–Trinajstić information content (AvgIpc) is 2.54. The summed E-state index contributed by atoms with van der Waals surface area (Å²) < 4.78 is 52.3. The van der Waals surface area contributed by atoms with Crippen molar-refractivity contribution in [3.05, 3.63) is 48.0 Å². The lowest BCUT2D eigenvalue weighted by molar-refractivity contribution is 0.0696. The first-order chi connectivity index (χ1) is 11.9. The SMILES string of the molecule is CN(C)S(=O)(=O)c1cccc(NS(=O)(=O)c2cc(C(=O)O)ccc2O)c1. The number of carbonyl (C=O) groups is 1. The van der Waals surface area contributed by atoms with Crippen molar-refractivity contribution in [2.75, 3.05) is 18.8 Å². The summed E-state index contributed by atoms with van der Waals surface area (Å²) in [6, 6.07) is 7.90. The molecule has 0 aliphatic rings. The van der Waals surface area contributed by atoms with Gasteiger partial charge in [-0.1, -0.05) is 6.07 Å². The quantitative estimate of drug-likeness (QED) is 0.660. The number of phenols is 1. The molecule has 2 aromatic carbocycles. The van der Waals surface area contributed by atoms with Gasteiger partial charge in [-0.05, 0) is 36.4 Å². The van der Waals surface area contributed by atoms with Crippen molar-refractivity contribution >= 4 is 31.7 Å². The van der Waals surface area contributed by atoms with Crippen LogP contribution in [0.25, 0.3) is 0 Å². The number of phenolic OH excluding ortho intramolecular Hbond substituents is 1. The van der Waals surface area contributed by atoms with Gasteiger partial charge in [-0.3, -0.25) is 4.72 Å². The Morgan fingerprint density at radius 2 is 1.69 bits per heavy atom. The molecule has 0 bridgehead atoms. The first kappa shape index (κ1) is 19.7. The van der Waals surface area contributed by atoms with Crippen molar-refractivity contribution < 1.29 is 31.8 Å². The maximum atomic E-state index is 12.5. The number of aromatic hydroxyl groups is 1. The molecule has 9 nitrogen and oxygen atoms in total. The predicted octanol–water partition coefficient (Wildman–Crippen LogP) is 1.14. The second-order valence-electron chi connectivity index (χ2n) is 5.41. The number of aromatic carboxylic acids is 1. The normalized spacial score (nSPS) is 12.1. The smallest absolute Gasteiger partial charge is 0.335 e. The number of carboxylic acids is 1. The summed E-state index contributed by atoms with van der Waals surface area (Å²) in [5.41, 5.74) is -0.389. The van der Waals surface area contributed by atoms with Gasteiger partial charge in [-0.2, -0.15) is 0 Å². The Morgan fingerprint density at radius 1 is 1.04 bits per heavy atom. The second kappa shape index (κ2) is 6.94. The summed E-state index contributed by atoms with van der Waals surface area (Å²) in [4.78, 5) is 10.2. The van der Waals surface area contributed by atoms with Crippen molar-refractivity contribution in [1.29, 1.82) is 0 Å². The van der Waals surface area contributed by atoms with Crippen molar-refractivity contribution in [3.8, 4) is 5.75 Å². The minimum atomic E-state index is -4.35. The van der Waals surface area contributed by atoms with Crippen LogP contribution in [0, 0.1) is 0 Å². The lowest BCUT2D eigenvalue weighted by atomic mass is 10.2. The lowest BCUT2D eigenvalue weighted by Crippen LogP contribution is -2.22. The number of benzene rings is 2. The zero-order valence-corrected chi connectivity index (χ0v) is 15.4. The molecule has 11 heteroatoms. The third-order valence-electron chi connectivity index (χ3n) is 3.36. The molecule has 0 saturated carbocycles. The molecule has 0 amide bonds. The van der Waals surface area contributed by atoms with E-state index in [1.165, 1.54) is 32.3 Å². The molecule has 0 fully saturated rings. The van der Waals surface area contributed by atoms with Crippen LogP contribution < -0.4 is 4.72 Å². The van der Waals surface area contributed by atoms with Crippen LogP contribution >= 0.6 is 0 Å². The minimum absolute atomic E-state index is 0.0620. The van der Waals surface area contributed by atoms with Gasteiger partial charge in [0, 0.05) is 14.1 Å². The van der Waals surface area contributed by atoms with Gasteiger partial charge in [0.25, 0.3) is 10.0 Å². The number of rotatable bonds is 6. The van der Waals surface area contributed by atoms with E-state index >= 15 is 0 Å². The predicted molar refractivity (Wildman–Crippen MR) is 93.2 cm³/mol. The van der Waals surface area contributed by atoms with E-state index in [0.717, 1.165) is 28.6 Å². The van der Waals surface area contributed by atoms with Gasteiger partial charge in [-0.15, -0.1) is 0 Å². The van der Waals surface area contributed by atoms with Gasteiger partial charge in [0.15, 0.2) is 0 Å². The topological polar surface area (TPSA) is 141 Å². The number of sulfonamides is 2. The van der Waals surface area contributed by atoms with Gasteiger partial charge < -0.3 is 10.2 Å². The minimum Gasteiger partial charge on any atom is -0.507 e. The molecule has 0 aliphatic heterocycles. The Hall–Kier alpha value is -2.63. The molecule has 140 valence electrons. The van der Waals surface area contributed by atoms with Gasteiger partial charge in [0.05, 0.1) is 16.1 Å². The Labute approximate surface area is 150 Å². The van der Waals surface area contributed by atoms with Crippen molar-refractivity contribution in [1.82, 2.24) is 4.31 Å². The molecular weight excluding hydrogens is 384 g/mol. The highest BCUT2D eigenvalue weighted by Crippen LogP contribution is 2.27. The first-order valence-electron chi connectivity index (χ1n) is 7.07. The highest BCUT2D eigenvalue weighted by atomic mass is 32.2. The fourth-order valence-corrected chi connectivity index (χ4v) is 4.12. The van der Waals surface area contributed by atoms with Gasteiger partial charge >= 0.3 is 5.97 Å². The fourth-order valence-electron chi connectivity index (χ4n) is 2.00. The highest BCUT2D eigenvalue weighted by Gasteiger charge is 2.22. The van der Waals surface area contributed by atoms with Gasteiger partial charge in [0.2, 0.25) is 10.0 Å². The number of hydrogen-bond acceptors (Lipinski definition) is 6. The molecule has 0 unspecified atom stereocenters. The third-order valence-corrected chi connectivity index (χ3v) is 6.58. The number of nitrogens with zero attached hydrogens (tertiary/aromatic N) is 1. The van der Waals surface area contributed by atoms with Gasteiger partial charge in [-0.25, -0.2) is 25.9 Å². The summed E-state index contributed by atoms with van der Waals surface area (Å²) >= 11 is 0. The zero-order chi connectivity index (χ0) is 19.7. The Balaban J connectivity index is 2.46. The number of nitrogens with one attached hydrogen (secondary N) is 1. The molecule has 0 aliphatic carbocycles. The van der Waals surface area contributed by atoms with E-state index in [1.54, 1.807) is 0 Å². The van der Waals surface area contributed by atoms with Crippen molar-refractivity contribution in [2.24, 2.45) is 0 Å². The summed E-state index contributed by atoms with van der Waals surface area (Å²) in [7, 11) is -5.46. The highest BCUT2D eigenvalue weighted by molar-refractivity contribution is 7.92. The molecule has 2 rings (SSSR count). The molecule has 0 radical (unpaired) electrons. The van der Waals surface area contributed by atoms with E-state index in [1.807, 2.05) is 0 Å². The van der Waals surface area contributed by atoms with E-state index in [2.05, 4.69) is 4.72 Å². The van der Waals surface area contributed by atoms with Crippen LogP contribution in [0.15, 0.2) is 52.3 Å². The Bertz CT molecular complexity index is 1060. The largest absolute Gasteiger partial charge is 0.507 e. The molecule has 0 aromatic heterocycles. The average molecular weight is 400 g/mol. The molecule has 26 heavy (non-hydrogen) atoms. The Morgan fingerprint density at radius 3 is 2.27 bits per heavy atom. The van der Waals surface area contributed by atoms with Crippen LogP contribution in [-0.4, -0.2) is 51.4 Å². The number of hydrogen-bond donors (Lipinski definition) is 3. The lowest BCUT2D eigenvalue weighted by Gasteiger charge is -2.14. The van der Waals surface area contributed by atoms with Crippen LogP contribution in [0.3, 0.4) is 0 Å². The molecule has 0 spiro atoms. The summed E-state index contributed by atoms with van der Waals surface area (Å²) in [5, 5.41) is 18.7. The molecule has 2 aromatic rings. The third kappa shape index (κ3) is 3.95. The van der Waals surface area contributed by atoms with E-state index in [4.69, 9.17) is 5.11 Å². The maximum absolute atomic E-state index is 12.5. The van der Waals surface area contributed by atoms with Crippen molar-refractivity contribution in [3.63, 3.8) is 0 Å². The summed E-state index contributed by atoms with van der Waals surface area (Å²) in [5.74, 6) is -2.00. The molecule has 0 atom stereocenters. The number of anilines is 1. The van der Waals surface area contributed by atoms with Crippen LogP contribution in [0.5, 0.6) is 5.75 Å². The Kier molecular flexibility index (Phi) is 5.26. The summed E-state index contributed by atoms with van der Waals surface area (Å²) in [6.07, 6.45) is 0. The van der Waals surface area contributed by atoms with Crippen LogP contribution in [0.4, 0.5) is 5.69 Å². The van der Waals surface area contributed by atoms with E-state index < -0.39 is 36.7 Å². The van der Waals surface area contributed by atoms with E-state index in [9.17, 15) is 26.7 Å². The first-order valence-corrected chi connectivity index (χ1v) is 9.99. The summed E-state index contributed by atoms with van der Waals surface area (Å²) in [6.45, 7) is 0. The second-order valence-corrected chi connectivity index (χ2v) is 9.21. The molecule has 3 N–H and O–H groups in total. The van der Waals surface area contributed by atoms with Crippen LogP contribution in [0.2, 0.25) is 0 Å². The number of carboxylic acid groups (broad SMARTS) is 1. The molecule has 0 saturated heterocycles. The monoisotopic (exact) mass is 400 g/mol. The molecule has 0 heterocycles. The fraction of sp³-hybridized carbons (Fsp3) is 0.133. The van der Waals surface area contributed by atoms with Crippen LogP contribution in [-0.2, 0) is 20.0 Å². The van der Waals surface area contributed by atoms with Gasteiger partial charge in [0.1, 0.15) is 10.6 Å². The maximum Gasteiger partial charge on any atom is 0.335 e. The van der Waals surface area contributed by atoms with Crippen LogP contribution in [0.1, 0.15) is 10.4 Å². The molecular formula is C15H16N2O7S2. The zero-order valence-electron chi connectivity index (χ0n) is 13.7.